The quantitative estimate of drug-likeness (QED) is 0.651. The van der Waals surface area contributed by atoms with Gasteiger partial charge < -0.3 is 9.59 Å². The van der Waals surface area contributed by atoms with Crippen LogP contribution in [0.2, 0.25) is 0 Å². The summed E-state index contributed by atoms with van der Waals surface area (Å²) in [5.41, 5.74) is 3.32. The third-order valence-corrected chi connectivity index (χ3v) is 7.04. The molecule has 2 fully saturated rings. The Labute approximate surface area is 134 Å². The maximum Gasteiger partial charge on any atom is 0.115 e. The van der Waals surface area contributed by atoms with Gasteiger partial charge >= 0.3 is 0 Å². The number of benzene rings is 1. The van der Waals surface area contributed by atoms with Gasteiger partial charge in [-0.15, -0.1) is 0 Å². The number of rotatable bonds is 2. The fraction of sp³-hybridized carbons (Fsp3) is 0.600. The average Bonchev–Trinajstić information content (AvgIpc) is 2.52. The zero-order valence-corrected chi connectivity index (χ0v) is 13.7. The minimum Gasteiger partial charge on any atom is -0.508 e. The van der Waals surface area contributed by atoms with Crippen LogP contribution in [0.3, 0.4) is 0 Å². The van der Waals surface area contributed by atoms with E-state index in [0.29, 0.717) is 11.2 Å². The Morgan fingerprint density at radius 2 is 2.23 bits per heavy atom. The number of fused-ring (bicyclic) bond motifs is 1. The van der Waals surface area contributed by atoms with Crippen molar-refractivity contribution in [1.29, 1.82) is 0 Å². The van der Waals surface area contributed by atoms with E-state index < -0.39 is 0 Å². The number of hydrogen-bond donors (Lipinski definition) is 1. The summed E-state index contributed by atoms with van der Waals surface area (Å²) in [6, 6.07) is 6.89. The van der Waals surface area contributed by atoms with Gasteiger partial charge in [-0.1, -0.05) is 25.5 Å². The van der Waals surface area contributed by atoms with E-state index in [9.17, 15) is 5.11 Å². The van der Waals surface area contributed by atoms with Gasteiger partial charge in [0.1, 0.15) is 5.75 Å². The molecule has 0 radical (unpaired) electrons. The van der Waals surface area contributed by atoms with Crippen LogP contribution in [0.4, 0.5) is 0 Å². The van der Waals surface area contributed by atoms with E-state index in [0.717, 1.165) is 23.0 Å². The first-order chi connectivity index (χ1) is 10.6. The number of piperidine rings is 1. The summed E-state index contributed by atoms with van der Waals surface area (Å²) in [5, 5.41) is 10.0. The van der Waals surface area contributed by atoms with Gasteiger partial charge in [-0.3, -0.25) is 0 Å². The standard InChI is InChI=1S/C20H27NO/c1-3-11-21(2)12-10-20-9-5-4-6-17(20)19(21)13-15-7-8-16(22)14-18(15)20/h3,7-8,14,17,19H,1,4-6,9-13H2,2H3/p+1/t17?,19-,20-,21?/m0/s1. The lowest BCUT2D eigenvalue weighted by Gasteiger charge is -2.61. The molecule has 4 rings (SSSR count). The van der Waals surface area contributed by atoms with Crippen LogP contribution in [0.15, 0.2) is 30.9 Å². The molecule has 1 heterocycles. The second-order valence-corrected chi connectivity index (χ2v) is 8.05. The number of likely N-dealkylation sites (N-methyl/N-ethyl adjacent to an activating group) is 1. The van der Waals surface area contributed by atoms with E-state index in [4.69, 9.17) is 0 Å². The molecular weight excluding hydrogens is 270 g/mol. The fourth-order valence-electron chi connectivity index (χ4n) is 5.98. The Hall–Kier alpha value is -1.28. The molecule has 2 aliphatic carbocycles. The van der Waals surface area contributed by atoms with E-state index in [1.807, 2.05) is 6.07 Å². The lowest BCUT2D eigenvalue weighted by molar-refractivity contribution is -0.940. The van der Waals surface area contributed by atoms with Crippen LogP contribution in [0, 0.1) is 5.92 Å². The number of likely N-dealkylation sites (tertiary alicyclic amines) is 1. The first-order valence-electron chi connectivity index (χ1n) is 8.87. The van der Waals surface area contributed by atoms with Crippen LogP contribution in [0.1, 0.15) is 43.2 Å². The SMILES string of the molecule is C=CC[N+]1(C)CC[C@@]23CCCCC2[C@@H]1Cc1ccc(O)cc13. The molecule has 118 valence electrons. The maximum absolute atomic E-state index is 10.0. The molecule has 1 aromatic rings. The monoisotopic (exact) mass is 298 g/mol. The Morgan fingerprint density at radius 1 is 1.36 bits per heavy atom. The Kier molecular flexibility index (Phi) is 3.16. The molecule has 0 spiro atoms. The van der Waals surface area contributed by atoms with Gasteiger partial charge in [0.2, 0.25) is 0 Å². The normalized spacial score (nSPS) is 39.7. The highest BCUT2D eigenvalue weighted by Crippen LogP contribution is 2.57. The van der Waals surface area contributed by atoms with Crippen LogP contribution < -0.4 is 0 Å². The number of hydrogen-bond acceptors (Lipinski definition) is 1. The van der Waals surface area contributed by atoms with Gasteiger partial charge in [0.05, 0.1) is 26.2 Å². The molecule has 2 nitrogen and oxygen atoms in total. The third kappa shape index (κ3) is 1.83. The van der Waals surface area contributed by atoms with Crippen molar-refractivity contribution in [1.82, 2.24) is 0 Å². The van der Waals surface area contributed by atoms with Gasteiger partial charge in [0, 0.05) is 24.2 Å². The largest absolute Gasteiger partial charge is 0.508 e. The summed E-state index contributed by atoms with van der Waals surface area (Å²) in [7, 11) is 2.44. The minimum absolute atomic E-state index is 0.341. The van der Waals surface area contributed by atoms with E-state index in [2.05, 4.69) is 31.8 Å². The van der Waals surface area contributed by atoms with Gasteiger partial charge in [0.25, 0.3) is 0 Å². The molecule has 3 aliphatic rings. The summed E-state index contributed by atoms with van der Waals surface area (Å²) in [6.07, 6.45) is 9.97. The summed E-state index contributed by atoms with van der Waals surface area (Å²) in [4.78, 5) is 0. The summed E-state index contributed by atoms with van der Waals surface area (Å²) >= 11 is 0. The molecule has 2 heteroatoms. The molecule has 1 aliphatic heterocycles. The van der Waals surface area contributed by atoms with Crippen LogP contribution in [0.5, 0.6) is 5.75 Å². The number of nitrogens with zero attached hydrogens (tertiary/aromatic N) is 1. The van der Waals surface area contributed by atoms with Gasteiger partial charge in [-0.05, 0) is 42.2 Å². The lowest BCUT2D eigenvalue weighted by atomic mass is 9.52. The van der Waals surface area contributed by atoms with Crippen molar-refractivity contribution in [2.24, 2.45) is 5.92 Å². The summed E-state index contributed by atoms with van der Waals surface area (Å²) in [5.74, 6) is 1.24. The van der Waals surface area contributed by atoms with Gasteiger partial charge in [-0.25, -0.2) is 0 Å². The number of aromatic hydroxyl groups is 1. The van der Waals surface area contributed by atoms with E-state index in [1.165, 1.54) is 56.2 Å². The molecule has 1 saturated heterocycles. The Balaban J connectivity index is 1.87. The molecule has 0 amide bonds. The maximum atomic E-state index is 10.0. The first-order valence-corrected chi connectivity index (χ1v) is 8.87. The molecule has 22 heavy (non-hydrogen) atoms. The molecule has 2 unspecified atom stereocenters. The van der Waals surface area contributed by atoms with Crippen molar-refractivity contribution in [3.8, 4) is 5.75 Å². The van der Waals surface area contributed by atoms with E-state index >= 15 is 0 Å². The molecule has 1 aromatic carbocycles. The van der Waals surface area contributed by atoms with Gasteiger partial charge in [-0.2, -0.15) is 0 Å². The third-order valence-electron chi connectivity index (χ3n) is 7.04. The van der Waals surface area contributed by atoms with Crippen molar-refractivity contribution in [3.05, 3.63) is 42.0 Å². The van der Waals surface area contributed by atoms with E-state index in [-0.39, 0.29) is 0 Å². The molecule has 1 N–H and O–H groups in total. The van der Waals surface area contributed by atoms with Crippen molar-refractivity contribution >= 4 is 0 Å². The van der Waals surface area contributed by atoms with Crippen molar-refractivity contribution < 1.29 is 9.59 Å². The van der Waals surface area contributed by atoms with Gasteiger partial charge in [0.15, 0.2) is 0 Å². The predicted octanol–water partition coefficient (Wildman–Crippen LogP) is 3.78. The molecule has 2 bridgehead atoms. The smallest absolute Gasteiger partial charge is 0.115 e. The molecule has 4 atom stereocenters. The van der Waals surface area contributed by atoms with Crippen LogP contribution >= 0.6 is 0 Å². The second-order valence-electron chi connectivity index (χ2n) is 8.05. The van der Waals surface area contributed by atoms with Crippen LogP contribution in [0.25, 0.3) is 0 Å². The Morgan fingerprint density at radius 3 is 3.05 bits per heavy atom. The Bertz CT molecular complexity index is 610. The fourth-order valence-corrected chi connectivity index (χ4v) is 5.98. The van der Waals surface area contributed by atoms with Crippen LogP contribution in [-0.4, -0.2) is 35.8 Å². The number of quaternary nitrogens is 1. The topological polar surface area (TPSA) is 20.2 Å². The zero-order valence-electron chi connectivity index (χ0n) is 13.7. The van der Waals surface area contributed by atoms with Crippen molar-refractivity contribution in [3.63, 3.8) is 0 Å². The number of phenols is 1. The van der Waals surface area contributed by atoms with E-state index in [1.54, 1.807) is 0 Å². The van der Waals surface area contributed by atoms with Crippen molar-refractivity contribution in [2.45, 2.75) is 50.0 Å². The molecule has 0 aromatic heterocycles. The first kappa shape index (κ1) is 14.3. The molecule has 1 saturated carbocycles. The average molecular weight is 298 g/mol. The highest BCUT2D eigenvalue weighted by Gasteiger charge is 2.58. The molecular formula is C20H28NO+. The predicted molar refractivity (Wildman–Crippen MR) is 90.0 cm³/mol. The van der Waals surface area contributed by atoms with Crippen molar-refractivity contribution in [2.75, 3.05) is 20.1 Å². The highest BCUT2D eigenvalue weighted by molar-refractivity contribution is 5.44. The number of phenolic OH excluding ortho intramolecular Hbond substituents is 1. The zero-order chi connectivity index (χ0) is 15.4. The summed E-state index contributed by atoms with van der Waals surface area (Å²) in [6.45, 7) is 6.36. The lowest BCUT2D eigenvalue weighted by Crippen LogP contribution is -2.68. The summed E-state index contributed by atoms with van der Waals surface area (Å²) < 4.78 is 1.16. The second kappa shape index (κ2) is 4.86. The highest BCUT2D eigenvalue weighted by atomic mass is 16.3. The van der Waals surface area contributed by atoms with Crippen LogP contribution in [-0.2, 0) is 11.8 Å². The minimum atomic E-state index is 0.341.